The number of hydrogen-bond acceptors (Lipinski definition) is 7. The number of hydrogen-bond donors (Lipinski definition) is 1. The largest absolute Gasteiger partial charge is 0.388 e. The van der Waals surface area contributed by atoms with Crippen LogP contribution in [0.1, 0.15) is 51.4 Å². The van der Waals surface area contributed by atoms with Gasteiger partial charge in [0.2, 0.25) is 5.91 Å². The summed E-state index contributed by atoms with van der Waals surface area (Å²) in [6, 6.07) is 7.35. The van der Waals surface area contributed by atoms with Crippen molar-refractivity contribution in [1.82, 2.24) is 33.1 Å². The third-order valence-corrected chi connectivity index (χ3v) is 8.98. The van der Waals surface area contributed by atoms with Crippen molar-refractivity contribution in [1.29, 1.82) is 0 Å². The van der Waals surface area contributed by atoms with Crippen LogP contribution in [-0.2, 0) is 36.6 Å². The van der Waals surface area contributed by atoms with E-state index in [-0.39, 0.29) is 30.2 Å². The number of imidazole rings is 2. The fourth-order valence-corrected chi connectivity index (χ4v) is 6.67. The third kappa shape index (κ3) is 4.49. The van der Waals surface area contributed by atoms with Crippen molar-refractivity contribution in [2.24, 2.45) is 14.1 Å². The number of ether oxygens (including phenoxy) is 1. The summed E-state index contributed by atoms with van der Waals surface area (Å²) < 4.78 is 12.5. The minimum absolute atomic E-state index is 0.0483. The monoisotopic (exact) mass is 563 g/mol. The quantitative estimate of drug-likeness (QED) is 0.390. The van der Waals surface area contributed by atoms with Crippen LogP contribution in [0.25, 0.3) is 22.2 Å². The van der Waals surface area contributed by atoms with Gasteiger partial charge in [-0.25, -0.2) is 14.8 Å². The molecule has 0 radical (unpaired) electrons. The summed E-state index contributed by atoms with van der Waals surface area (Å²) in [6.45, 7) is 5.36. The maximum absolute atomic E-state index is 13.4. The summed E-state index contributed by atoms with van der Waals surface area (Å²) in [5.74, 6) is 0.974. The van der Waals surface area contributed by atoms with Crippen LogP contribution in [0.15, 0.2) is 40.2 Å². The van der Waals surface area contributed by atoms with Gasteiger partial charge in [-0.2, -0.15) is 0 Å². The Morgan fingerprint density at radius 2 is 1.88 bits per heavy atom. The number of benzene rings is 1. The first-order chi connectivity index (χ1) is 19.5. The maximum Gasteiger partial charge on any atom is 0.332 e. The molecule has 3 aromatic heterocycles. The Hall–Kier alpha value is -3.77. The van der Waals surface area contributed by atoms with Crippen molar-refractivity contribution >= 4 is 28.1 Å². The van der Waals surface area contributed by atoms with Gasteiger partial charge in [-0.1, -0.05) is 19.1 Å². The van der Waals surface area contributed by atoms with Crippen molar-refractivity contribution in [3.63, 3.8) is 0 Å². The number of fused-ring (bicyclic) bond motifs is 2. The fourth-order valence-electron chi connectivity index (χ4n) is 6.67. The zero-order chi connectivity index (χ0) is 29.1. The number of carbonyl (C=O) groups excluding carboxylic acids is 1. The molecule has 0 saturated carbocycles. The number of likely N-dealkylation sites (tertiary alicyclic amines) is 1. The number of rotatable bonds is 5. The molecule has 5 heterocycles. The Kier molecular flexibility index (Phi) is 6.65. The second-order valence-corrected chi connectivity index (χ2v) is 11.8. The molecule has 2 aliphatic heterocycles. The number of para-hydroxylation sites is 2. The molecular formula is C29H37N7O5. The van der Waals surface area contributed by atoms with Crippen LogP contribution in [0.3, 0.4) is 0 Å². The first-order valence-corrected chi connectivity index (χ1v) is 14.3. The van der Waals surface area contributed by atoms with E-state index in [9.17, 15) is 19.5 Å². The van der Waals surface area contributed by atoms with Gasteiger partial charge in [0.05, 0.1) is 41.2 Å². The van der Waals surface area contributed by atoms with E-state index >= 15 is 0 Å². The van der Waals surface area contributed by atoms with Crippen LogP contribution < -0.4 is 11.2 Å². The smallest absolute Gasteiger partial charge is 0.332 e. The number of piperidine rings is 1. The highest BCUT2D eigenvalue weighted by molar-refractivity contribution is 5.81. The van der Waals surface area contributed by atoms with Crippen LogP contribution in [0.2, 0.25) is 0 Å². The van der Waals surface area contributed by atoms with Crippen LogP contribution in [0.5, 0.6) is 0 Å². The standard InChI is InChI=1S/C29H37N7O5/c1-5-8-22-31-19-9-6-7-10-20(19)35(22)15-23(37)34-13-11-29(12-14-34)17-28(2,40)21(16-41-29)36-18-30-25-24(36)26(38)33(4)27(39)32(25)3/h6-7,9-10,18,21,40H,5,8,11-17H2,1-4H3/t21-,28-/m1/s1. The van der Waals surface area contributed by atoms with Gasteiger partial charge >= 0.3 is 5.69 Å². The van der Waals surface area contributed by atoms with Crippen molar-refractivity contribution in [3.05, 3.63) is 57.3 Å². The van der Waals surface area contributed by atoms with Gasteiger partial charge in [0.15, 0.2) is 11.2 Å². The second-order valence-electron chi connectivity index (χ2n) is 11.8. The Labute approximate surface area is 236 Å². The molecule has 2 fully saturated rings. The van der Waals surface area contributed by atoms with Crippen molar-refractivity contribution in [3.8, 4) is 0 Å². The number of aliphatic hydroxyl groups is 1. The molecule has 4 aromatic rings. The lowest BCUT2D eigenvalue weighted by molar-refractivity contribution is -0.197. The van der Waals surface area contributed by atoms with E-state index in [2.05, 4.69) is 11.9 Å². The lowest BCUT2D eigenvalue weighted by atomic mass is 9.75. The molecule has 218 valence electrons. The molecule has 1 aromatic carbocycles. The van der Waals surface area contributed by atoms with Crippen LogP contribution in [-0.4, -0.2) is 75.0 Å². The minimum Gasteiger partial charge on any atom is -0.388 e. The van der Waals surface area contributed by atoms with Crippen LogP contribution >= 0.6 is 0 Å². The molecule has 1 N–H and O–H groups in total. The predicted molar refractivity (Wildman–Crippen MR) is 153 cm³/mol. The van der Waals surface area contributed by atoms with Crippen molar-refractivity contribution in [2.45, 2.75) is 69.7 Å². The van der Waals surface area contributed by atoms with E-state index in [1.165, 1.54) is 17.9 Å². The van der Waals surface area contributed by atoms with Crippen LogP contribution in [0, 0.1) is 0 Å². The first kappa shape index (κ1) is 27.4. The Morgan fingerprint density at radius 1 is 1.15 bits per heavy atom. The minimum atomic E-state index is -1.21. The molecule has 12 heteroatoms. The average Bonchev–Trinajstić information content (AvgIpc) is 3.53. The first-order valence-electron chi connectivity index (χ1n) is 14.3. The molecule has 0 bridgehead atoms. The third-order valence-electron chi connectivity index (χ3n) is 8.98. The fraction of sp³-hybridized carbons (Fsp3) is 0.552. The number of aromatic nitrogens is 6. The topological polar surface area (TPSA) is 129 Å². The highest BCUT2D eigenvalue weighted by Gasteiger charge is 2.50. The normalized spacial score (nSPS) is 22.7. The molecule has 0 unspecified atom stereocenters. The van der Waals surface area contributed by atoms with E-state index in [0.717, 1.165) is 34.3 Å². The Balaban J connectivity index is 1.17. The Morgan fingerprint density at radius 3 is 2.59 bits per heavy atom. The van der Waals surface area contributed by atoms with E-state index in [1.807, 2.05) is 33.7 Å². The number of aryl methyl sites for hydroxylation is 2. The zero-order valence-corrected chi connectivity index (χ0v) is 24.0. The molecule has 2 aliphatic rings. The van der Waals surface area contributed by atoms with Gasteiger partial charge in [0, 0.05) is 40.0 Å². The summed E-state index contributed by atoms with van der Waals surface area (Å²) in [4.78, 5) is 49.7. The summed E-state index contributed by atoms with van der Waals surface area (Å²) >= 11 is 0. The number of nitrogens with zero attached hydrogens (tertiary/aromatic N) is 7. The van der Waals surface area contributed by atoms with Gasteiger partial charge in [-0.05, 0) is 38.3 Å². The van der Waals surface area contributed by atoms with E-state index < -0.39 is 28.5 Å². The molecule has 41 heavy (non-hydrogen) atoms. The molecule has 1 spiro atoms. The second kappa shape index (κ2) is 9.95. The molecule has 0 aliphatic carbocycles. The summed E-state index contributed by atoms with van der Waals surface area (Å²) in [7, 11) is 3.00. The van der Waals surface area contributed by atoms with Crippen LogP contribution in [0.4, 0.5) is 0 Å². The molecule has 6 rings (SSSR count). The van der Waals surface area contributed by atoms with Gasteiger partial charge in [0.1, 0.15) is 12.4 Å². The molecule has 2 saturated heterocycles. The van der Waals surface area contributed by atoms with Gasteiger partial charge < -0.3 is 23.9 Å². The number of carbonyl (C=O) groups is 1. The number of amides is 1. The molecular weight excluding hydrogens is 526 g/mol. The zero-order valence-electron chi connectivity index (χ0n) is 24.0. The van der Waals surface area contributed by atoms with E-state index in [1.54, 1.807) is 18.5 Å². The lowest BCUT2D eigenvalue weighted by Gasteiger charge is -2.51. The van der Waals surface area contributed by atoms with Gasteiger partial charge in [0.25, 0.3) is 5.56 Å². The highest BCUT2D eigenvalue weighted by Crippen LogP contribution is 2.44. The SMILES string of the molecule is CCCc1nc2ccccc2n1CC(=O)N1CCC2(CC1)C[C@@](C)(O)[C@H](n1cnc3c1c(=O)n(C)c(=O)n3C)CO2. The summed E-state index contributed by atoms with van der Waals surface area (Å²) in [6.07, 6.45) is 4.82. The van der Waals surface area contributed by atoms with Gasteiger partial charge in [-0.15, -0.1) is 0 Å². The van der Waals surface area contributed by atoms with Crippen molar-refractivity contribution in [2.75, 3.05) is 19.7 Å². The predicted octanol–water partition coefficient (Wildman–Crippen LogP) is 1.51. The van der Waals surface area contributed by atoms with Crippen molar-refractivity contribution < 1.29 is 14.6 Å². The Bertz CT molecular complexity index is 1750. The van der Waals surface area contributed by atoms with E-state index in [0.29, 0.717) is 32.4 Å². The average molecular weight is 564 g/mol. The summed E-state index contributed by atoms with van der Waals surface area (Å²) in [5, 5.41) is 11.7. The lowest BCUT2D eigenvalue weighted by Crippen LogP contribution is -2.58. The van der Waals surface area contributed by atoms with E-state index in [4.69, 9.17) is 9.72 Å². The van der Waals surface area contributed by atoms with Gasteiger partial charge in [-0.3, -0.25) is 18.7 Å². The summed E-state index contributed by atoms with van der Waals surface area (Å²) in [5.41, 5.74) is -0.290. The molecule has 12 nitrogen and oxygen atoms in total. The molecule has 1 amide bonds. The maximum atomic E-state index is 13.4. The molecule has 2 atom stereocenters. The highest BCUT2D eigenvalue weighted by atomic mass is 16.5.